The number of sulfonamides is 1. The number of anilines is 1. The molecule has 1 aromatic carbocycles. The Kier molecular flexibility index (Phi) is 4.76. The van der Waals surface area contributed by atoms with Gasteiger partial charge < -0.3 is 9.51 Å². The zero-order valence-electron chi connectivity index (χ0n) is 14.2. The third-order valence-corrected chi connectivity index (χ3v) is 5.62. The average molecular weight is 399 g/mol. The van der Waals surface area contributed by atoms with Gasteiger partial charge in [-0.15, -0.1) is 0 Å². The van der Waals surface area contributed by atoms with E-state index in [1.54, 1.807) is 13.8 Å². The van der Waals surface area contributed by atoms with Crippen LogP contribution in [0.25, 0.3) is 11.5 Å². The molecule has 0 bridgehead atoms. The Hall–Kier alpha value is -2.39. The van der Waals surface area contributed by atoms with Gasteiger partial charge in [0, 0.05) is 17.8 Å². The zero-order valence-corrected chi connectivity index (χ0v) is 15.8. The molecule has 0 spiro atoms. The molecule has 138 valence electrons. The molecule has 0 aliphatic rings. The number of aromatic amines is 1. The van der Waals surface area contributed by atoms with Crippen LogP contribution in [0.4, 0.5) is 10.1 Å². The predicted octanol–water partition coefficient (Wildman–Crippen LogP) is 3.84. The monoisotopic (exact) mass is 398 g/mol. The summed E-state index contributed by atoms with van der Waals surface area (Å²) in [5.41, 5.74) is 1.15. The maximum Gasteiger partial charge on any atom is 0.264 e. The van der Waals surface area contributed by atoms with Crippen molar-refractivity contribution in [1.29, 1.82) is 0 Å². The van der Waals surface area contributed by atoms with Crippen molar-refractivity contribution in [3.63, 3.8) is 0 Å². The molecule has 2 heterocycles. The first-order chi connectivity index (χ1) is 12.2. The summed E-state index contributed by atoms with van der Waals surface area (Å²) in [4.78, 5) is 7.12. The van der Waals surface area contributed by atoms with Crippen molar-refractivity contribution >= 4 is 27.3 Å². The summed E-state index contributed by atoms with van der Waals surface area (Å²) in [6, 6.07) is 3.43. The quantitative estimate of drug-likeness (QED) is 0.680. The van der Waals surface area contributed by atoms with Crippen LogP contribution in [0.15, 0.2) is 27.6 Å². The second-order valence-corrected chi connectivity index (χ2v) is 7.70. The number of nitrogens with zero attached hydrogens (tertiary/aromatic N) is 2. The van der Waals surface area contributed by atoms with Crippen molar-refractivity contribution < 1.29 is 17.3 Å². The first-order valence-corrected chi connectivity index (χ1v) is 9.59. The molecule has 0 saturated carbocycles. The topological polar surface area (TPSA) is 101 Å². The van der Waals surface area contributed by atoms with E-state index in [1.165, 1.54) is 6.07 Å². The molecule has 0 fully saturated rings. The minimum Gasteiger partial charge on any atom is -0.361 e. The van der Waals surface area contributed by atoms with Crippen molar-refractivity contribution in [2.24, 2.45) is 0 Å². The van der Waals surface area contributed by atoms with Gasteiger partial charge in [0.25, 0.3) is 15.9 Å². The van der Waals surface area contributed by atoms with Gasteiger partial charge in [0.15, 0.2) is 5.82 Å². The summed E-state index contributed by atoms with van der Waals surface area (Å²) in [6.45, 7) is 5.16. The highest BCUT2D eigenvalue weighted by molar-refractivity contribution is 7.93. The molecule has 0 radical (unpaired) electrons. The molecule has 2 N–H and O–H groups in total. The number of aromatic nitrogens is 3. The SMILES string of the molecule is CCc1noc(-c2c(C)[nH]c(C)c2S(=O)(=O)Nc2cc(F)ccc2Cl)n1. The van der Waals surface area contributed by atoms with E-state index in [2.05, 4.69) is 19.8 Å². The van der Waals surface area contributed by atoms with Gasteiger partial charge in [-0.2, -0.15) is 4.98 Å². The second kappa shape index (κ2) is 6.73. The molecular formula is C16H16ClFN4O3S. The maximum atomic E-state index is 13.5. The number of H-pyrrole nitrogens is 1. The molecular weight excluding hydrogens is 383 g/mol. The molecule has 2 aromatic heterocycles. The van der Waals surface area contributed by atoms with Crippen LogP contribution >= 0.6 is 11.6 Å². The van der Waals surface area contributed by atoms with E-state index in [4.69, 9.17) is 16.1 Å². The Morgan fingerprint density at radius 1 is 1.31 bits per heavy atom. The first-order valence-electron chi connectivity index (χ1n) is 7.73. The molecule has 7 nitrogen and oxygen atoms in total. The van der Waals surface area contributed by atoms with Crippen molar-refractivity contribution in [3.8, 4) is 11.5 Å². The predicted molar refractivity (Wildman–Crippen MR) is 95.2 cm³/mol. The van der Waals surface area contributed by atoms with E-state index in [9.17, 15) is 12.8 Å². The van der Waals surface area contributed by atoms with Gasteiger partial charge in [-0.05, 0) is 32.0 Å². The molecule has 0 saturated heterocycles. The Balaban J connectivity index is 2.12. The summed E-state index contributed by atoms with van der Waals surface area (Å²) in [6.07, 6.45) is 0.547. The van der Waals surface area contributed by atoms with Gasteiger partial charge in [-0.25, -0.2) is 12.8 Å². The fourth-order valence-electron chi connectivity index (χ4n) is 2.62. The zero-order chi connectivity index (χ0) is 19.1. The molecule has 3 aromatic rings. The third-order valence-electron chi connectivity index (χ3n) is 3.76. The van der Waals surface area contributed by atoms with Crippen molar-refractivity contribution in [3.05, 3.63) is 46.3 Å². The van der Waals surface area contributed by atoms with Crippen LogP contribution < -0.4 is 4.72 Å². The lowest BCUT2D eigenvalue weighted by molar-refractivity contribution is 0.422. The molecule has 26 heavy (non-hydrogen) atoms. The van der Waals surface area contributed by atoms with Crippen molar-refractivity contribution in [1.82, 2.24) is 15.1 Å². The molecule has 10 heteroatoms. The lowest BCUT2D eigenvalue weighted by atomic mass is 10.2. The summed E-state index contributed by atoms with van der Waals surface area (Å²) >= 11 is 5.97. The number of halogens is 2. The molecule has 0 unspecified atom stereocenters. The van der Waals surface area contributed by atoms with Gasteiger partial charge in [0.05, 0.1) is 16.3 Å². The fourth-order valence-corrected chi connectivity index (χ4v) is 4.37. The number of hydrogen-bond donors (Lipinski definition) is 2. The molecule has 0 aliphatic heterocycles. The second-order valence-electron chi connectivity index (χ2n) is 5.68. The summed E-state index contributed by atoms with van der Waals surface area (Å²) in [5, 5.41) is 3.88. The molecule has 3 rings (SSSR count). The van der Waals surface area contributed by atoms with E-state index >= 15 is 0 Å². The lowest BCUT2D eigenvalue weighted by Crippen LogP contribution is -2.15. The minimum absolute atomic E-state index is 0.0540. The molecule has 0 atom stereocenters. The number of benzene rings is 1. The summed E-state index contributed by atoms with van der Waals surface area (Å²) < 4.78 is 46.9. The summed E-state index contributed by atoms with van der Waals surface area (Å²) in [7, 11) is -4.10. The van der Waals surface area contributed by atoms with Crippen LogP contribution in [-0.2, 0) is 16.4 Å². The Morgan fingerprint density at radius 2 is 2.04 bits per heavy atom. The van der Waals surface area contributed by atoms with Crippen LogP contribution in [0.5, 0.6) is 0 Å². The Labute approximate surface area is 154 Å². The van der Waals surface area contributed by atoms with Crippen LogP contribution in [0.2, 0.25) is 5.02 Å². The molecule has 0 aliphatic carbocycles. The van der Waals surface area contributed by atoms with Gasteiger partial charge in [-0.3, -0.25) is 4.72 Å². The highest BCUT2D eigenvalue weighted by atomic mass is 35.5. The standard InChI is InChI=1S/C16H16ClFN4O3S/c1-4-13-20-16(25-21-13)14-8(2)19-9(3)15(14)26(23,24)22-12-7-10(18)5-6-11(12)17/h5-7,19,22H,4H2,1-3H3. The highest BCUT2D eigenvalue weighted by Gasteiger charge is 2.29. The van der Waals surface area contributed by atoms with Gasteiger partial charge >= 0.3 is 0 Å². The van der Waals surface area contributed by atoms with Crippen LogP contribution in [0, 0.1) is 19.7 Å². The minimum atomic E-state index is -4.10. The van der Waals surface area contributed by atoms with Crippen LogP contribution in [0.1, 0.15) is 24.1 Å². The number of nitrogens with one attached hydrogen (secondary N) is 2. The third kappa shape index (κ3) is 3.32. The highest BCUT2D eigenvalue weighted by Crippen LogP contribution is 2.34. The van der Waals surface area contributed by atoms with Crippen molar-refractivity contribution in [2.75, 3.05) is 4.72 Å². The summed E-state index contributed by atoms with van der Waals surface area (Å²) in [5.74, 6) is -0.0593. The maximum absolute atomic E-state index is 13.5. The van der Waals surface area contributed by atoms with Gasteiger partial charge in [0.1, 0.15) is 10.7 Å². The fraction of sp³-hybridized carbons (Fsp3) is 0.250. The number of aryl methyl sites for hydroxylation is 3. The van der Waals surface area contributed by atoms with Gasteiger partial charge in [0.2, 0.25) is 0 Å². The van der Waals surface area contributed by atoms with Crippen LogP contribution in [-0.4, -0.2) is 23.5 Å². The molecule has 0 amide bonds. The smallest absolute Gasteiger partial charge is 0.264 e. The Bertz CT molecular complexity index is 1080. The van der Waals surface area contributed by atoms with E-state index in [0.717, 1.165) is 12.1 Å². The number of hydrogen-bond acceptors (Lipinski definition) is 5. The van der Waals surface area contributed by atoms with E-state index < -0.39 is 15.8 Å². The lowest BCUT2D eigenvalue weighted by Gasteiger charge is -2.10. The normalized spacial score (nSPS) is 11.7. The van der Waals surface area contributed by atoms with Crippen LogP contribution in [0.3, 0.4) is 0 Å². The van der Waals surface area contributed by atoms with E-state index in [1.807, 2.05) is 6.92 Å². The van der Waals surface area contributed by atoms with E-state index in [-0.39, 0.29) is 27.1 Å². The van der Waals surface area contributed by atoms with Gasteiger partial charge in [-0.1, -0.05) is 23.7 Å². The number of rotatable bonds is 5. The van der Waals surface area contributed by atoms with E-state index in [0.29, 0.717) is 23.6 Å². The Morgan fingerprint density at radius 3 is 2.69 bits per heavy atom. The van der Waals surface area contributed by atoms with Crippen molar-refractivity contribution in [2.45, 2.75) is 32.1 Å². The largest absolute Gasteiger partial charge is 0.361 e. The average Bonchev–Trinajstić information content (AvgIpc) is 3.14. The first kappa shape index (κ1) is 18.4.